The van der Waals surface area contributed by atoms with Gasteiger partial charge in [-0.05, 0) is 41.4 Å². The number of hydrogen-bond donors (Lipinski definition) is 1. The van der Waals surface area contributed by atoms with Crippen molar-refractivity contribution < 1.29 is 9.52 Å². The van der Waals surface area contributed by atoms with E-state index >= 15 is 0 Å². The van der Waals surface area contributed by atoms with Crippen LogP contribution >= 0.6 is 15.9 Å². The fourth-order valence-corrected chi connectivity index (χ4v) is 1.44. The van der Waals surface area contributed by atoms with Gasteiger partial charge in [-0.3, -0.25) is 0 Å². The third kappa shape index (κ3) is 1.99. The summed E-state index contributed by atoms with van der Waals surface area (Å²) in [6, 6.07) is 5.48. The van der Waals surface area contributed by atoms with Crippen LogP contribution in [-0.2, 0) is 0 Å². The van der Waals surface area contributed by atoms with Gasteiger partial charge in [0.1, 0.15) is 11.9 Å². The summed E-state index contributed by atoms with van der Waals surface area (Å²) in [6.45, 7) is 3.58. The van der Waals surface area contributed by atoms with E-state index in [9.17, 15) is 5.11 Å². The SMILES string of the molecule is CCC(C)(C#N)C(O)c1ccc(Br)o1. The Labute approximate surface area is 91.5 Å². The Morgan fingerprint density at radius 1 is 1.71 bits per heavy atom. The fourth-order valence-electron chi connectivity index (χ4n) is 1.12. The summed E-state index contributed by atoms with van der Waals surface area (Å²) >= 11 is 3.15. The van der Waals surface area contributed by atoms with E-state index in [2.05, 4.69) is 22.0 Å². The smallest absolute Gasteiger partial charge is 0.169 e. The first kappa shape index (κ1) is 11.3. The van der Waals surface area contributed by atoms with Gasteiger partial charge in [-0.15, -0.1) is 0 Å². The van der Waals surface area contributed by atoms with Gasteiger partial charge in [0.2, 0.25) is 0 Å². The van der Waals surface area contributed by atoms with Gasteiger partial charge in [0, 0.05) is 0 Å². The molecule has 0 radical (unpaired) electrons. The fraction of sp³-hybridized carbons (Fsp3) is 0.500. The number of nitrogens with zero attached hydrogens (tertiary/aromatic N) is 1. The van der Waals surface area contributed by atoms with Gasteiger partial charge >= 0.3 is 0 Å². The number of halogens is 1. The van der Waals surface area contributed by atoms with Crippen LogP contribution in [0.5, 0.6) is 0 Å². The van der Waals surface area contributed by atoms with E-state index in [-0.39, 0.29) is 0 Å². The number of nitriles is 1. The van der Waals surface area contributed by atoms with Crippen molar-refractivity contribution in [2.24, 2.45) is 5.41 Å². The third-order valence-electron chi connectivity index (χ3n) is 2.46. The summed E-state index contributed by atoms with van der Waals surface area (Å²) < 4.78 is 5.77. The van der Waals surface area contributed by atoms with E-state index < -0.39 is 11.5 Å². The molecule has 14 heavy (non-hydrogen) atoms. The Balaban J connectivity index is 2.95. The van der Waals surface area contributed by atoms with Gasteiger partial charge in [-0.2, -0.15) is 5.26 Å². The van der Waals surface area contributed by atoms with Crippen molar-refractivity contribution in [3.63, 3.8) is 0 Å². The van der Waals surface area contributed by atoms with Crippen molar-refractivity contribution in [3.05, 3.63) is 22.6 Å². The lowest BCUT2D eigenvalue weighted by atomic mass is 9.82. The zero-order chi connectivity index (χ0) is 10.8. The van der Waals surface area contributed by atoms with Crippen molar-refractivity contribution in [2.75, 3.05) is 0 Å². The zero-order valence-electron chi connectivity index (χ0n) is 8.12. The Morgan fingerprint density at radius 3 is 2.71 bits per heavy atom. The minimum absolute atomic E-state index is 0.419. The van der Waals surface area contributed by atoms with E-state index in [0.717, 1.165) is 0 Å². The summed E-state index contributed by atoms with van der Waals surface area (Å²) in [5, 5.41) is 18.9. The van der Waals surface area contributed by atoms with Crippen LogP contribution in [0.25, 0.3) is 0 Å². The third-order valence-corrected chi connectivity index (χ3v) is 2.88. The minimum Gasteiger partial charge on any atom is -0.452 e. The Morgan fingerprint density at radius 2 is 2.36 bits per heavy atom. The Hall–Kier alpha value is -0.790. The maximum atomic E-state index is 9.92. The highest BCUT2D eigenvalue weighted by Gasteiger charge is 2.34. The summed E-state index contributed by atoms with van der Waals surface area (Å²) in [5.74, 6) is 0.419. The van der Waals surface area contributed by atoms with Crippen LogP contribution in [0.15, 0.2) is 21.2 Å². The van der Waals surface area contributed by atoms with Gasteiger partial charge in [0.15, 0.2) is 4.67 Å². The first-order chi connectivity index (χ1) is 6.53. The Bertz CT molecular complexity index is 355. The molecular weight excluding hydrogens is 246 g/mol. The van der Waals surface area contributed by atoms with Gasteiger partial charge < -0.3 is 9.52 Å². The second-order valence-corrected chi connectivity index (χ2v) is 4.21. The number of aliphatic hydroxyl groups is 1. The minimum atomic E-state index is -0.885. The van der Waals surface area contributed by atoms with E-state index in [1.165, 1.54) is 0 Å². The molecule has 0 aromatic carbocycles. The molecule has 2 atom stereocenters. The van der Waals surface area contributed by atoms with Gasteiger partial charge in [0.05, 0.1) is 11.5 Å². The maximum Gasteiger partial charge on any atom is 0.169 e. The Kier molecular flexibility index (Phi) is 3.35. The summed E-state index contributed by atoms with van der Waals surface area (Å²) in [5.41, 5.74) is -0.794. The van der Waals surface area contributed by atoms with E-state index in [1.807, 2.05) is 6.92 Å². The molecule has 0 fully saturated rings. The molecule has 1 aromatic rings. The standard InChI is InChI=1S/C10H12BrNO2/c1-3-10(2,6-12)9(13)7-4-5-8(11)14-7/h4-5,9,13H,3H2,1-2H3. The zero-order valence-corrected chi connectivity index (χ0v) is 9.71. The number of aliphatic hydroxyl groups excluding tert-OH is 1. The first-order valence-electron chi connectivity index (χ1n) is 4.38. The van der Waals surface area contributed by atoms with Gasteiger partial charge in [-0.25, -0.2) is 0 Å². The average molecular weight is 258 g/mol. The molecule has 0 saturated carbocycles. The molecular formula is C10H12BrNO2. The molecule has 0 aliphatic carbocycles. The molecule has 1 heterocycles. The van der Waals surface area contributed by atoms with Crippen LogP contribution in [0.2, 0.25) is 0 Å². The highest BCUT2D eigenvalue weighted by atomic mass is 79.9. The molecule has 3 nitrogen and oxygen atoms in total. The number of rotatable bonds is 3. The van der Waals surface area contributed by atoms with Crippen LogP contribution in [0.4, 0.5) is 0 Å². The van der Waals surface area contributed by atoms with Crippen molar-refractivity contribution in [1.29, 1.82) is 5.26 Å². The molecule has 0 bridgehead atoms. The first-order valence-corrected chi connectivity index (χ1v) is 5.17. The summed E-state index contributed by atoms with van der Waals surface area (Å²) in [6.07, 6.45) is -0.313. The van der Waals surface area contributed by atoms with E-state index in [1.54, 1.807) is 19.1 Å². The molecule has 1 N–H and O–H groups in total. The highest BCUT2D eigenvalue weighted by molar-refractivity contribution is 9.10. The van der Waals surface area contributed by atoms with Crippen molar-refractivity contribution >= 4 is 15.9 Å². The molecule has 0 amide bonds. The van der Waals surface area contributed by atoms with Crippen LogP contribution in [0.1, 0.15) is 32.1 Å². The van der Waals surface area contributed by atoms with E-state index in [0.29, 0.717) is 16.9 Å². The maximum absolute atomic E-state index is 9.92. The van der Waals surface area contributed by atoms with Crippen LogP contribution in [0.3, 0.4) is 0 Å². The predicted octanol–water partition coefficient (Wildman–Crippen LogP) is 3.02. The lowest BCUT2D eigenvalue weighted by molar-refractivity contribution is 0.0516. The lowest BCUT2D eigenvalue weighted by Crippen LogP contribution is -2.22. The molecule has 76 valence electrons. The molecule has 0 aliphatic rings. The van der Waals surface area contributed by atoms with Gasteiger partial charge in [0.25, 0.3) is 0 Å². The van der Waals surface area contributed by atoms with Crippen molar-refractivity contribution in [1.82, 2.24) is 0 Å². The molecule has 4 heteroatoms. The number of furan rings is 1. The highest BCUT2D eigenvalue weighted by Crippen LogP contribution is 2.37. The molecule has 1 aromatic heterocycles. The van der Waals surface area contributed by atoms with Crippen molar-refractivity contribution in [3.8, 4) is 6.07 Å². The monoisotopic (exact) mass is 257 g/mol. The lowest BCUT2D eigenvalue weighted by Gasteiger charge is -2.24. The predicted molar refractivity (Wildman–Crippen MR) is 55.4 cm³/mol. The van der Waals surface area contributed by atoms with Crippen LogP contribution < -0.4 is 0 Å². The topological polar surface area (TPSA) is 57.2 Å². The molecule has 2 unspecified atom stereocenters. The number of hydrogen-bond acceptors (Lipinski definition) is 3. The van der Waals surface area contributed by atoms with Gasteiger partial charge in [-0.1, -0.05) is 6.92 Å². The largest absolute Gasteiger partial charge is 0.452 e. The molecule has 0 aliphatic heterocycles. The second-order valence-electron chi connectivity index (χ2n) is 3.43. The quantitative estimate of drug-likeness (QED) is 0.906. The summed E-state index contributed by atoms with van der Waals surface area (Å²) in [4.78, 5) is 0. The van der Waals surface area contributed by atoms with E-state index in [4.69, 9.17) is 9.68 Å². The average Bonchev–Trinajstić information content (AvgIpc) is 2.62. The molecule has 0 saturated heterocycles. The van der Waals surface area contributed by atoms with Crippen LogP contribution in [-0.4, -0.2) is 5.11 Å². The summed E-state index contributed by atoms with van der Waals surface area (Å²) in [7, 11) is 0. The molecule has 1 rings (SSSR count). The van der Waals surface area contributed by atoms with Crippen molar-refractivity contribution in [2.45, 2.75) is 26.4 Å². The normalized spacial score (nSPS) is 17.1. The van der Waals surface area contributed by atoms with Crippen LogP contribution in [0, 0.1) is 16.7 Å². The molecule has 0 spiro atoms. The second kappa shape index (κ2) is 4.16.